The van der Waals surface area contributed by atoms with Crippen molar-refractivity contribution in [1.82, 2.24) is 15.1 Å². The van der Waals surface area contributed by atoms with Crippen LogP contribution in [-0.2, 0) is 6.42 Å². The number of amides is 1. The van der Waals surface area contributed by atoms with Gasteiger partial charge in [-0.15, -0.1) is 0 Å². The Morgan fingerprint density at radius 2 is 1.93 bits per heavy atom. The van der Waals surface area contributed by atoms with Crippen LogP contribution < -0.4 is 5.56 Å². The van der Waals surface area contributed by atoms with Crippen LogP contribution in [0, 0.1) is 11.7 Å². The van der Waals surface area contributed by atoms with Crippen molar-refractivity contribution in [2.75, 3.05) is 19.6 Å². The fourth-order valence-electron chi connectivity index (χ4n) is 3.84. The topological polar surface area (TPSA) is 78.4 Å². The smallest absolute Gasteiger partial charge is 0.272 e. The molecule has 0 radical (unpaired) electrons. The summed E-state index contributed by atoms with van der Waals surface area (Å²) in [5, 5.41) is 7.99. The highest BCUT2D eigenvalue weighted by atomic mass is 19.1. The zero-order chi connectivity index (χ0) is 20.7. The summed E-state index contributed by atoms with van der Waals surface area (Å²) >= 11 is 0. The zero-order valence-corrected chi connectivity index (χ0v) is 16.4. The van der Waals surface area contributed by atoms with Crippen LogP contribution in [0.5, 0.6) is 0 Å². The Balaban J connectivity index is 1.34. The summed E-state index contributed by atoms with van der Waals surface area (Å²) in [7, 11) is 0. The Labute approximate surface area is 172 Å². The van der Waals surface area contributed by atoms with Crippen LogP contribution in [0.2, 0.25) is 0 Å². The predicted molar refractivity (Wildman–Crippen MR) is 112 cm³/mol. The lowest BCUT2D eigenvalue weighted by atomic mass is 9.97. The molecule has 1 saturated heterocycles. The molecule has 0 unspecified atom stereocenters. The number of aliphatic imine (C=N–C) groups is 1. The molecule has 6 nitrogen and oxygen atoms in total. The third-order valence-corrected chi connectivity index (χ3v) is 5.70. The number of hydrogen-bond acceptors (Lipinski definition) is 4. The third kappa shape index (κ3) is 3.63. The first kappa shape index (κ1) is 18.7. The maximum atomic E-state index is 14.4. The van der Waals surface area contributed by atoms with Gasteiger partial charge in [0.1, 0.15) is 5.82 Å². The molecule has 3 aromatic rings. The van der Waals surface area contributed by atoms with Crippen molar-refractivity contribution in [3.8, 4) is 0 Å². The molecule has 0 atom stereocenters. The van der Waals surface area contributed by atoms with Gasteiger partial charge in [-0.25, -0.2) is 9.49 Å². The molecular weight excluding hydrogens is 383 g/mol. The van der Waals surface area contributed by atoms with Crippen molar-refractivity contribution >= 4 is 22.4 Å². The van der Waals surface area contributed by atoms with E-state index >= 15 is 0 Å². The SMILES string of the molecule is O=C(c1cc(Cc2n[nH]c(=O)c3ccccc23)ccc1F)N1CC(CN=C2CC2)C1. The van der Waals surface area contributed by atoms with Crippen molar-refractivity contribution in [3.05, 3.63) is 75.5 Å². The highest BCUT2D eigenvalue weighted by Crippen LogP contribution is 2.24. The second-order valence-electron chi connectivity index (χ2n) is 8.02. The van der Waals surface area contributed by atoms with E-state index < -0.39 is 5.82 Å². The van der Waals surface area contributed by atoms with E-state index in [-0.39, 0.29) is 17.0 Å². The Bertz CT molecular complexity index is 1220. The molecule has 1 amide bonds. The molecule has 0 spiro atoms. The van der Waals surface area contributed by atoms with Gasteiger partial charge in [-0.05, 0) is 36.6 Å². The first-order valence-corrected chi connectivity index (χ1v) is 10.1. The maximum absolute atomic E-state index is 14.4. The Hall–Kier alpha value is -3.35. The monoisotopic (exact) mass is 404 g/mol. The summed E-state index contributed by atoms with van der Waals surface area (Å²) < 4.78 is 14.4. The lowest BCUT2D eigenvalue weighted by Gasteiger charge is -2.38. The summed E-state index contributed by atoms with van der Waals surface area (Å²) in [6, 6.07) is 11.8. The summed E-state index contributed by atoms with van der Waals surface area (Å²) in [6.45, 7) is 1.99. The van der Waals surface area contributed by atoms with Gasteiger partial charge in [0.2, 0.25) is 0 Å². The molecule has 1 saturated carbocycles. The van der Waals surface area contributed by atoms with Crippen LogP contribution in [0.25, 0.3) is 10.8 Å². The number of aromatic nitrogens is 2. The molecule has 1 aliphatic carbocycles. The second kappa shape index (κ2) is 7.48. The normalized spacial score (nSPS) is 15.9. The number of nitrogens with zero attached hydrogens (tertiary/aromatic N) is 3. The summed E-state index contributed by atoms with van der Waals surface area (Å²) in [5.74, 6) is -0.446. The molecule has 30 heavy (non-hydrogen) atoms. The first-order chi connectivity index (χ1) is 14.6. The molecule has 0 bridgehead atoms. The zero-order valence-electron chi connectivity index (χ0n) is 16.4. The van der Waals surface area contributed by atoms with E-state index in [0.29, 0.717) is 36.5 Å². The van der Waals surface area contributed by atoms with Crippen LogP contribution in [0.3, 0.4) is 0 Å². The van der Waals surface area contributed by atoms with Gasteiger partial charge in [0, 0.05) is 43.1 Å². The lowest BCUT2D eigenvalue weighted by Crippen LogP contribution is -2.51. The van der Waals surface area contributed by atoms with E-state index in [4.69, 9.17) is 0 Å². The summed E-state index contributed by atoms with van der Waals surface area (Å²) in [6.07, 6.45) is 2.59. The number of H-pyrrole nitrogens is 1. The van der Waals surface area contributed by atoms with Gasteiger partial charge in [-0.1, -0.05) is 24.3 Å². The van der Waals surface area contributed by atoms with Gasteiger partial charge >= 0.3 is 0 Å². The Morgan fingerprint density at radius 3 is 2.70 bits per heavy atom. The van der Waals surface area contributed by atoms with Crippen molar-refractivity contribution in [3.63, 3.8) is 0 Å². The number of carbonyl (C=O) groups excluding carboxylic acids is 1. The van der Waals surface area contributed by atoms with Gasteiger partial charge in [0.05, 0.1) is 16.6 Å². The molecule has 5 rings (SSSR count). The average Bonchev–Trinajstić information content (AvgIpc) is 3.55. The number of likely N-dealkylation sites (tertiary alicyclic amines) is 1. The van der Waals surface area contributed by atoms with E-state index in [2.05, 4.69) is 15.2 Å². The summed E-state index contributed by atoms with van der Waals surface area (Å²) in [4.78, 5) is 30.9. The number of benzene rings is 2. The number of fused-ring (bicyclic) bond motifs is 1. The lowest BCUT2D eigenvalue weighted by molar-refractivity contribution is 0.0511. The minimum atomic E-state index is -0.523. The van der Waals surface area contributed by atoms with Crippen LogP contribution >= 0.6 is 0 Å². The van der Waals surface area contributed by atoms with E-state index in [1.807, 2.05) is 12.1 Å². The largest absolute Gasteiger partial charge is 0.338 e. The number of carbonyl (C=O) groups is 1. The number of rotatable bonds is 5. The molecule has 2 heterocycles. The molecule has 1 N–H and O–H groups in total. The Morgan fingerprint density at radius 1 is 1.17 bits per heavy atom. The predicted octanol–water partition coefficient (Wildman–Crippen LogP) is 2.96. The minimum absolute atomic E-state index is 0.0770. The minimum Gasteiger partial charge on any atom is -0.338 e. The molecule has 2 aliphatic rings. The highest BCUT2D eigenvalue weighted by molar-refractivity contribution is 5.98. The van der Waals surface area contributed by atoms with E-state index in [1.54, 1.807) is 29.2 Å². The van der Waals surface area contributed by atoms with Crippen LogP contribution in [-0.4, -0.2) is 46.4 Å². The fraction of sp³-hybridized carbons (Fsp3) is 0.304. The van der Waals surface area contributed by atoms with Gasteiger partial charge in [-0.3, -0.25) is 14.6 Å². The summed E-state index contributed by atoms with van der Waals surface area (Å²) in [5.41, 5.74) is 2.54. The van der Waals surface area contributed by atoms with E-state index in [0.717, 1.165) is 30.3 Å². The molecule has 152 valence electrons. The van der Waals surface area contributed by atoms with Crippen LogP contribution in [0.4, 0.5) is 4.39 Å². The molecule has 2 fully saturated rings. The molecule has 1 aromatic heterocycles. The van der Waals surface area contributed by atoms with Crippen molar-refractivity contribution in [1.29, 1.82) is 0 Å². The van der Waals surface area contributed by atoms with Crippen LogP contribution in [0.15, 0.2) is 52.3 Å². The van der Waals surface area contributed by atoms with Gasteiger partial charge < -0.3 is 4.90 Å². The Kier molecular flexibility index (Phi) is 4.65. The third-order valence-electron chi connectivity index (χ3n) is 5.70. The maximum Gasteiger partial charge on any atom is 0.272 e. The molecule has 1 aliphatic heterocycles. The second-order valence-corrected chi connectivity index (χ2v) is 8.02. The standard InChI is InChI=1S/C23H21FN4O2/c24-20-8-5-14(10-21-17-3-1-2-4-18(17)22(29)27-26-21)9-19(20)23(30)28-12-15(13-28)11-25-16-6-7-16/h1-5,8-9,15H,6-7,10-13H2,(H,27,29). The van der Waals surface area contributed by atoms with Crippen molar-refractivity contribution < 1.29 is 9.18 Å². The van der Waals surface area contributed by atoms with Crippen molar-refractivity contribution in [2.24, 2.45) is 10.9 Å². The number of halogens is 1. The van der Waals surface area contributed by atoms with Gasteiger partial charge in [0.25, 0.3) is 11.5 Å². The average molecular weight is 404 g/mol. The quantitative estimate of drug-likeness (QED) is 0.710. The number of aromatic amines is 1. The highest BCUT2D eigenvalue weighted by Gasteiger charge is 2.32. The van der Waals surface area contributed by atoms with Crippen molar-refractivity contribution in [2.45, 2.75) is 19.3 Å². The van der Waals surface area contributed by atoms with Crippen LogP contribution in [0.1, 0.15) is 34.5 Å². The fourth-order valence-corrected chi connectivity index (χ4v) is 3.84. The van der Waals surface area contributed by atoms with Gasteiger partial charge in [0.15, 0.2) is 0 Å². The van der Waals surface area contributed by atoms with Gasteiger partial charge in [-0.2, -0.15) is 5.10 Å². The number of nitrogens with one attached hydrogen (secondary N) is 1. The first-order valence-electron chi connectivity index (χ1n) is 10.1. The molecular formula is C23H21FN4O2. The molecule has 7 heteroatoms. The van der Waals surface area contributed by atoms with E-state index in [1.165, 1.54) is 11.8 Å². The molecule has 2 aromatic carbocycles. The van der Waals surface area contributed by atoms with E-state index in [9.17, 15) is 14.0 Å². The number of hydrogen-bond donors (Lipinski definition) is 1.